The molecule has 0 saturated carbocycles. The van der Waals surface area contributed by atoms with Gasteiger partial charge in [0.2, 0.25) is 0 Å². The molecule has 0 aliphatic rings. The number of anilines is 1. The number of thiophene rings is 1. The largest absolute Gasteiger partial charge is 0.478 e. The van der Waals surface area contributed by atoms with Gasteiger partial charge in [-0.2, -0.15) is 0 Å². The number of hydrogen-bond acceptors (Lipinski definition) is 3. The van der Waals surface area contributed by atoms with Gasteiger partial charge in [0, 0.05) is 5.56 Å². The minimum absolute atomic E-state index is 0.0273. The molecule has 98 valence electrons. The average Bonchev–Trinajstić information content (AvgIpc) is 2.80. The Bertz CT molecular complexity index is 656. The van der Waals surface area contributed by atoms with E-state index in [4.69, 9.17) is 5.11 Å². The van der Waals surface area contributed by atoms with Gasteiger partial charge in [-0.25, -0.2) is 9.18 Å². The second-order valence-electron chi connectivity index (χ2n) is 3.55. The number of carboxylic acid groups (broad SMARTS) is 1. The number of carboxylic acids is 1. The van der Waals surface area contributed by atoms with Crippen molar-refractivity contribution in [2.75, 3.05) is 5.32 Å². The summed E-state index contributed by atoms with van der Waals surface area (Å²) in [5.74, 6) is -2.08. The summed E-state index contributed by atoms with van der Waals surface area (Å²) in [5, 5.41) is 13.2. The van der Waals surface area contributed by atoms with Crippen molar-refractivity contribution in [2.45, 2.75) is 0 Å². The van der Waals surface area contributed by atoms with Crippen molar-refractivity contribution in [2.24, 2.45) is 0 Å². The third-order valence-electron chi connectivity index (χ3n) is 2.30. The summed E-state index contributed by atoms with van der Waals surface area (Å²) in [7, 11) is 0. The maximum atomic E-state index is 13.1. The molecule has 0 radical (unpaired) electrons. The van der Waals surface area contributed by atoms with E-state index in [9.17, 15) is 14.0 Å². The zero-order valence-corrected chi connectivity index (χ0v) is 11.7. The first-order valence-electron chi connectivity index (χ1n) is 5.06. The number of benzene rings is 1. The van der Waals surface area contributed by atoms with Gasteiger partial charge in [0.15, 0.2) is 0 Å². The predicted molar refractivity (Wildman–Crippen MR) is 73.3 cm³/mol. The molecule has 0 aliphatic heterocycles. The highest BCUT2D eigenvalue weighted by molar-refractivity contribution is 9.10. The third kappa shape index (κ3) is 2.99. The van der Waals surface area contributed by atoms with Gasteiger partial charge in [-0.1, -0.05) is 0 Å². The Morgan fingerprint density at radius 2 is 2.05 bits per heavy atom. The Balaban J connectivity index is 2.23. The third-order valence-corrected chi connectivity index (χ3v) is 3.74. The maximum absolute atomic E-state index is 13.1. The zero-order valence-electron chi connectivity index (χ0n) is 9.31. The second-order valence-corrected chi connectivity index (χ2v) is 5.32. The lowest BCUT2D eigenvalue weighted by molar-refractivity contribution is 0.0698. The van der Waals surface area contributed by atoms with Crippen LogP contribution in [0.1, 0.15) is 20.7 Å². The van der Waals surface area contributed by atoms with E-state index >= 15 is 0 Å². The van der Waals surface area contributed by atoms with Gasteiger partial charge >= 0.3 is 5.97 Å². The molecule has 7 heteroatoms. The summed E-state index contributed by atoms with van der Waals surface area (Å²) in [5.41, 5.74) is 0.262. The van der Waals surface area contributed by atoms with Crippen LogP contribution >= 0.6 is 27.3 Å². The van der Waals surface area contributed by atoms with Gasteiger partial charge in [-0.3, -0.25) is 4.79 Å². The highest BCUT2D eigenvalue weighted by Crippen LogP contribution is 2.24. The average molecular weight is 344 g/mol. The number of rotatable bonds is 3. The minimum atomic E-state index is -1.11. The van der Waals surface area contributed by atoms with Crippen molar-refractivity contribution < 1.29 is 19.1 Å². The summed E-state index contributed by atoms with van der Waals surface area (Å²) in [6.07, 6.45) is 0. The summed E-state index contributed by atoms with van der Waals surface area (Å²) in [6, 6.07) is 5.22. The zero-order chi connectivity index (χ0) is 14.0. The molecule has 1 aromatic carbocycles. The number of hydrogen-bond donors (Lipinski definition) is 2. The SMILES string of the molecule is O=C(Nc1sccc1C(=O)O)c1ccc(F)c(Br)c1. The van der Waals surface area contributed by atoms with E-state index in [0.29, 0.717) is 0 Å². The second kappa shape index (κ2) is 5.50. The van der Waals surface area contributed by atoms with Crippen molar-refractivity contribution in [1.82, 2.24) is 0 Å². The Labute approximate surface area is 120 Å². The number of carbonyl (C=O) groups excluding carboxylic acids is 1. The summed E-state index contributed by atoms with van der Waals surface area (Å²) in [6.45, 7) is 0. The fourth-order valence-corrected chi connectivity index (χ4v) is 2.54. The Kier molecular flexibility index (Phi) is 3.96. The van der Waals surface area contributed by atoms with Gasteiger partial charge < -0.3 is 10.4 Å². The molecule has 19 heavy (non-hydrogen) atoms. The van der Waals surface area contributed by atoms with Crippen molar-refractivity contribution in [3.05, 3.63) is 51.1 Å². The topological polar surface area (TPSA) is 66.4 Å². The molecular weight excluding hydrogens is 337 g/mol. The van der Waals surface area contributed by atoms with Crippen LogP contribution in [0.2, 0.25) is 0 Å². The Hall–Kier alpha value is -1.73. The molecular formula is C12H7BrFNO3S. The molecule has 0 spiro atoms. The molecule has 0 unspecified atom stereocenters. The lowest BCUT2D eigenvalue weighted by Gasteiger charge is -2.05. The van der Waals surface area contributed by atoms with Gasteiger partial charge in [-0.05, 0) is 45.6 Å². The molecule has 0 bridgehead atoms. The monoisotopic (exact) mass is 343 g/mol. The fraction of sp³-hybridized carbons (Fsp3) is 0. The fourth-order valence-electron chi connectivity index (χ4n) is 1.39. The minimum Gasteiger partial charge on any atom is -0.478 e. The van der Waals surface area contributed by atoms with Crippen LogP contribution in [0, 0.1) is 5.82 Å². The molecule has 0 atom stereocenters. The molecule has 1 aromatic heterocycles. The lowest BCUT2D eigenvalue weighted by Crippen LogP contribution is -2.13. The molecule has 0 saturated heterocycles. The van der Waals surface area contributed by atoms with Gasteiger partial charge in [-0.15, -0.1) is 11.3 Å². The van der Waals surface area contributed by atoms with Gasteiger partial charge in [0.1, 0.15) is 10.8 Å². The van der Waals surface area contributed by atoms with Crippen LogP contribution in [0.5, 0.6) is 0 Å². The van der Waals surface area contributed by atoms with E-state index in [1.165, 1.54) is 18.2 Å². The number of carbonyl (C=O) groups is 2. The number of amides is 1. The van der Waals surface area contributed by atoms with Gasteiger partial charge in [0.25, 0.3) is 5.91 Å². The summed E-state index contributed by atoms with van der Waals surface area (Å²) < 4.78 is 13.2. The first-order chi connectivity index (χ1) is 8.99. The van der Waals surface area contributed by atoms with E-state index in [2.05, 4.69) is 21.2 Å². The van der Waals surface area contributed by atoms with Crippen molar-refractivity contribution in [3.63, 3.8) is 0 Å². The number of nitrogens with one attached hydrogen (secondary N) is 1. The van der Waals surface area contributed by atoms with E-state index in [0.717, 1.165) is 17.4 Å². The summed E-state index contributed by atoms with van der Waals surface area (Å²) >= 11 is 4.09. The van der Waals surface area contributed by atoms with E-state index in [1.807, 2.05) is 0 Å². The predicted octanol–water partition coefficient (Wildman–Crippen LogP) is 3.60. The molecule has 0 aliphatic carbocycles. The van der Waals surface area contributed by atoms with Crippen LogP contribution in [0.4, 0.5) is 9.39 Å². The Morgan fingerprint density at radius 3 is 2.68 bits per heavy atom. The number of halogens is 2. The van der Waals surface area contributed by atoms with Crippen molar-refractivity contribution in [3.8, 4) is 0 Å². The quantitative estimate of drug-likeness (QED) is 0.894. The normalized spacial score (nSPS) is 10.2. The van der Waals surface area contributed by atoms with E-state index in [-0.39, 0.29) is 20.6 Å². The Morgan fingerprint density at radius 1 is 1.32 bits per heavy atom. The molecule has 4 nitrogen and oxygen atoms in total. The molecule has 2 rings (SSSR count). The van der Waals surface area contributed by atoms with Crippen LogP contribution in [-0.4, -0.2) is 17.0 Å². The molecule has 2 N–H and O–H groups in total. The van der Waals surface area contributed by atoms with E-state index < -0.39 is 17.7 Å². The van der Waals surface area contributed by atoms with Crippen molar-refractivity contribution in [1.29, 1.82) is 0 Å². The summed E-state index contributed by atoms with van der Waals surface area (Å²) in [4.78, 5) is 22.8. The first-order valence-corrected chi connectivity index (χ1v) is 6.73. The van der Waals surface area contributed by atoms with Crippen LogP contribution in [0.3, 0.4) is 0 Å². The first kappa shape index (κ1) is 13.7. The highest BCUT2D eigenvalue weighted by atomic mass is 79.9. The van der Waals surface area contributed by atoms with Crippen LogP contribution in [0.25, 0.3) is 0 Å². The maximum Gasteiger partial charge on any atom is 0.338 e. The van der Waals surface area contributed by atoms with E-state index in [1.54, 1.807) is 5.38 Å². The van der Waals surface area contributed by atoms with Crippen LogP contribution in [0.15, 0.2) is 34.1 Å². The number of aromatic carboxylic acids is 1. The van der Waals surface area contributed by atoms with Crippen LogP contribution in [-0.2, 0) is 0 Å². The highest BCUT2D eigenvalue weighted by Gasteiger charge is 2.15. The molecule has 0 fully saturated rings. The molecule has 1 amide bonds. The lowest BCUT2D eigenvalue weighted by atomic mass is 10.2. The smallest absolute Gasteiger partial charge is 0.338 e. The van der Waals surface area contributed by atoms with Crippen molar-refractivity contribution >= 4 is 44.1 Å². The standard InChI is InChI=1S/C12H7BrFNO3S/c13-8-5-6(1-2-9(8)14)10(16)15-11-7(12(17)18)3-4-19-11/h1-5H,(H,15,16)(H,17,18). The van der Waals surface area contributed by atoms with Gasteiger partial charge in [0.05, 0.1) is 10.0 Å². The molecule has 2 aromatic rings. The van der Waals surface area contributed by atoms with Crippen LogP contribution < -0.4 is 5.32 Å². The molecule has 1 heterocycles.